The molecule has 390 valence electrons. The van der Waals surface area contributed by atoms with Crippen LogP contribution in [0.25, 0.3) is 10.8 Å². The molecule has 1 heterocycles. The largest absolute Gasteiger partial charge is 0.508 e. The molecule has 6 atom stereocenters. The number of nitrogens with two attached hydrogens (primary N) is 2. The van der Waals surface area contributed by atoms with Gasteiger partial charge in [0.15, 0.2) is 5.96 Å². The molecule has 16 N–H and O–H groups in total. The summed E-state index contributed by atoms with van der Waals surface area (Å²) in [5.41, 5.74) is 12.1. The van der Waals surface area contributed by atoms with Crippen LogP contribution in [0.3, 0.4) is 0 Å². The Balaban J connectivity index is 1.66. The second kappa shape index (κ2) is 28.7. The number of benzene rings is 3. The SMILES string of the molecule is CC(C)NCCCC[C@@H]1NC(=O)[C@H](Cc2ccc(O)cc2)NC(=O)CNC(=O)CC[C@H](C(=O)N[C@@H](CCCNC(=N)N)C(N)=O)NC(=O)CNC(=O)[C@H](Cc2ccc3ccccc3c2)NC(=O)[C@@H](C)NC1=O. The highest BCUT2D eigenvalue weighted by molar-refractivity contribution is 5.97. The number of phenols is 1. The predicted octanol–water partition coefficient (Wildman–Crippen LogP) is -1.80. The Morgan fingerprint density at radius 2 is 1.32 bits per heavy atom. The summed E-state index contributed by atoms with van der Waals surface area (Å²) in [5.74, 6) is -7.63. The van der Waals surface area contributed by atoms with Crippen molar-refractivity contribution in [2.75, 3.05) is 26.2 Å². The predicted molar refractivity (Wildman–Crippen MR) is 267 cm³/mol. The van der Waals surface area contributed by atoms with E-state index in [1.165, 1.54) is 19.1 Å². The number of guanidine groups is 1. The van der Waals surface area contributed by atoms with Gasteiger partial charge in [0.25, 0.3) is 0 Å². The quantitative estimate of drug-likeness (QED) is 0.0404. The molecule has 0 aromatic heterocycles. The molecule has 9 amide bonds. The lowest BCUT2D eigenvalue weighted by Gasteiger charge is -2.25. The number of amides is 9. The Kier molecular flexibility index (Phi) is 22.7. The van der Waals surface area contributed by atoms with Crippen LogP contribution in [-0.4, -0.2) is 133 Å². The van der Waals surface area contributed by atoms with Crippen LogP contribution in [0.4, 0.5) is 0 Å². The smallest absolute Gasteiger partial charge is 0.243 e. The number of hydrogen-bond donors (Lipinski definition) is 14. The molecule has 0 spiro atoms. The summed E-state index contributed by atoms with van der Waals surface area (Å²) in [5, 5.41) is 45.5. The molecule has 3 aromatic carbocycles. The lowest BCUT2D eigenvalue weighted by molar-refractivity contribution is -0.134. The van der Waals surface area contributed by atoms with Gasteiger partial charge in [0.2, 0.25) is 53.2 Å². The summed E-state index contributed by atoms with van der Waals surface area (Å²) in [6.45, 7) is 4.84. The minimum atomic E-state index is -1.48. The highest BCUT2D eigenvalue weighted by Crippen LogP contribution is 2.17. The molecule has 0 saturated carbocycles. The lowest BCUT2D eigenvalue weighted by Crippen LogP contribution is -2.58. The third-order valence-electron chi connectivity index (χ3n) is 11.6. The molecule has 23 nitrogen and oxygen atoms in total. The third-order valence-corrected chi connectivity index (χ3v) is 11.6. The van der Waals surface area contributed by atoms with Crippen molar-refractivity contribution in [2.24, 2.45) is 11.5 Å². The number of fused-ring (bicyclic) bond motifs is 1. The third kappa shape index (κ3) is 19.9. The fourth-order valence-electron chi connectivity index (χ4n) is 7.65. The van der Waals surface area contributed by atoms with Gasteiger partial charge in [-0.2, -0.15) is 0 Å². The topological polar surface area (TPSA) is 370 Å². The maximum atomic E-state index is 14.1. The van der Waals surface area contributed by atoms with Gasteiger partial charge in [-0.3, -0.25) is 48.6 Å². The number of hydrogen-bond acceptors (Lipinski definition) is 12. The molecule has 1 aliphatic heterocycles. The molecule has 72 heavy (non-hydrogen) atoms. The van der Waals surface area contributed by atoms with E-state index in [1.807, 2.05) is 50.2 Å². The van der Waals surface area contributed by atoms with Gasteiger partial charge < -0.3 is 69.7 Å². The van der Waals surface area contributed by atoms with Crippen LogP contribution in [0, 0.1) is 5.41 Å². The standard InChI is InChI=1S/C49H69N13O10/c1-28(2)53-21-7-6-11-36-46(70)57-29(3)44(68)62-38(25-31-13-16-32-9-4-5-10-33(32)23-31)45(69)56-27-42(66)58-37(47(71)60-35(43(50)67)12-8-22-54-49(51)52)19-20-40(64)55-26-41(65)59-39(48(72)61-36)24-30-14-17-34(63)18-15-30/h4-5,9-10,13-18,23,28-29,35-39,53,63H,6-8,11-12,19-22,24-27H2,1-3H3,(H2,50,67)(H,55,64)(H,56,69)(H,57,70)(H,58,66)(H,59,65)(H,60,71)(H,61,72)(H,62,68)(H4,51,52,54)/t29-,35+,36+,37-,38+,39+/m1/s1. The van der Waals surface area contributed by atoms with Crippen LogP contribution < -0.4 is 64.6 Å². The number of aromatic hydroxyl groups is 1. The van der Waals surface area contributed by atoms with Crippen molar-refractivity contribution < 1.29 is 48.3 Å². The highest BCUT2D eigenvalue weighted by Gasteiger charge is 2.32. The molecular formula is C49H69N13O10. The van der Waals surface area contributed by atoms with E-state index in [2.05, 4.69) is 53.2 Å². The van der Waals surface area contributed by atoms with Crippen molar-refractivity contribution in [3.63, 3.8) is 0 Å². The number of unbranched alkanes of at least 4 members (excludes halogenated alkanes) is 1. The number of nitrogens with one attached hydrogen (secondary N) is 11. The summed E-state index contributed by atoms with van der Waals surface area (Å²) < 4.78 is 0. The molecule has 1 fully saturated rings. The summed E-state index contributed by atoms with van der Waals surface area (Å²) in [7, 11) is 0. The Morgan fingerprint density at radius 1 is 0.694 bits per heavy atom. The van der Waals surface area contributed by atoms with Crippen molar-refractivity contribution in [1.82, 2.24) is 53.2 Å². The Morgan fingerprint density at radius 3 is 2.01 bits per heavy atom. The number of carbonyl (C=O) groups is 9. The number of primary amides is 1. The van der Waals surface area contributed by atoms with Crippen LogP contribution in [0.15, 0.2) is 66.7 Å². The summed E-state index contributed by atoms with van der Waals surface area (Å²) >= 11 is 0. The summed E-state index contributed by atoms with van der Waals surface area (Å²) in [4.78, 5) is 122. The average Bonchev–Trinajstić information content (AvgIpc) is 3.33. The van der Waals surface area contributed by atoms with Crippen LogP contribution in [0.1, 0.15) is 76.8 Å². The monoisotopic (exact) mass is 1000 g/mol. The second-order valence-corrected chi connectivity index (χ2v) is 17.9. The van der Waals surface area contributed by atoms with Crippen molar-refractivity contribution in [1.29, 1.82) is 5.41 Å². The second-order valence-electron chi connectivity index (χ2n) is 17.9. The molecule has 23 heteroatoms. The van der Waals surface area contributed by atoms with Gasteiger partial charge in [0.05, 0.1) is 13.1 Å². The van der Waals surface area contributed by atoms with E-state index >= 15 is 0 Å². The van der Waals surface area contributed by atoms with Gasteiger partial charge >= 0.3 is 0 Å². The molecule has 3 aromatic rings. The fourth-order valence-corrected chi connectivity index (χ4v) is 7.65. The zero-order valence-corrected chi connectivity index (χ0v) is 40.9. The highest BCUT2D eigenvalue weighted by atomic mass is 16.3. The molecule has 0 aliphatic carbocycles. The van der Waals surface area contributed by atoms with Gasteiger partial charge in [-0.15, -0.1) is 0 Å². The Hall–Kier alpha value is -7.82. The number of phenolic OH excluding ortho intramolecular Hbond substituents is 1. The average molecular weight is 1000 g/mol. The van der Waals surface area contributed by atoms with Gasteiger partial charge in [-0.1, -0.05) is 68.4 Å². The van der Waals surface area contributed by atoms with E-state index in [0.29, 0.717) is 30.5 Å². The van der Waals surface area contributed by atoms with E-state index in [1.54, 1.807) is 18.2 Å². The van der Waals surface area contributed by atoms with Gasteiger partial charge in [-0.25, -0.2) is 0 Å². The first-order valence-corrected chi connectivity index (χ1v) is 24.0. The zero-order valence-electron chi connectivity index (χ0n) is 40.9. The van der Waals surface area contributed by atoms with Crippen molar-refractivity contribution in [3.05, 3.63) is 77.9 Å². The first-order chi connectivity index (χ1) is 34.3. The van der Waals surface area contributed by atoms with Crippen LogP contribution in [0.5, 0.6) is 5.75 Å². The Labute approximate surface area is 417 Å². The summed E-state index contributed by atoms with van der Waals surface area (Å²) in [6, 6.07) is 11.3. The molecule has 0 unspecified atom stereocenters. The zero-order chi connectivity index (χ0) is 52.7. The van der Waals surface area contributed by atoms with Gasteiger partial charge in [0.1, 0.15) is 42.0 Å². The van der Waals surface area contributed by atoms with Gasteiger partial charge in [0, 0.05) is 31.8 Å². The van der Waals surface area contributed by atoms with Crippen molar-refractivity contribution in [2.45, 2.75) is 121 Å². The summed E-state index contributed by atoms with van der Waals surface area (Å²) in [6.07, 6.45) is 0.530. The molecule has 0 bridgehead atoms. The van der Waals surface area contributed by atoms with E-state index < -0.39 is 109 Å². The Bertz CT molecular complexity index is 2400. The van der Waals surface area contributed by atoms with Crippen molar-refractivity contribution >= 4 is 69.9 Å². The molecular weight excluding hydrogens is 931 g/mol. The molecule has 1 saturated heterocycles. The molecule has 0 radical (unpaired) electrons. The number of rotatable bonds is 17. The van der Waals surface area contributed by atoms with Crippen LogP contribution in [-0.2, 0) is 56.0 Å². The molecule has 4 rings (SSSR count). The number of carbonyl (C=O) groups excluding carboxylic acids is 9. The van der Waals surface area contributed by atoms with Crippen molar-refractivity contribution in [3.8, 4) is 5.75 Å². The minimum absolute atomic E-state index is 0.0167. The van der Waals surface area contributed by atoms with Crippen LogP contribution >= 0.6 is 0 Å². The normalized spacial score (nSPS) is 20.6. The molecule has 1 aliphatic rings. The van der Waals surface area contributed by atoms with E-state index in [4.69, 9.17) is 16.9 Å². The maximum Gasteiger partial charge on any atom is 0.243 e. The van der Waals surface area contributed by atoms with Crippen LogP contribution in [0.2, 0.25) is 0 Å². The first-order valence-electron chi connectivity index (χ1n) is 24.0. The first kappa shape index (κ1) is 56.8. The van der Waals surface area contributed by atoms with Gasteiger partial charge in [-0.05, 0) is 86.0 Å². The van der Waals surface area contributed by atoms with E-state index in [0.717, 1.165) is 10.8 Å². The minimum Gasteiger partial charge on any atom is -0.508 e. The maximum absolute atomic E-state index is 14.1. The van der Waals surface area contributed by atoms with E-state index in [9.17, 15) is 48.3 Å². The fraction of sp³-hybridized carbons (Fsp3) is 0.469. The van der Waals surface area contributed by atoms with E-state index in [-0.39, 0.29) is 62.8 Å². The lowest BCUT2D eigenvalue weighted by atomic mass is 10.0.